The second kappa shape index (κ2) is 10.6. The topological polar surface area (TPSA) is 145 Å². The molecule has 4 rings (SSSR count). The summed E-state index contributed by atoms with van der Waals surface area (Å²) < 4.78 is 40.4. The standard InChI is InChI=1S/C24H24N2O9S/c1-15-4-2-3-5-20(15)36(31,32)35-13-11-33-10-12-34-16-6-7-17-18(14-16)24(30)26(23(17)29)19-8-9-21(27)25-22(19)28/h2-7,14,19H,8-13H2,1H3,(H,25,27,28). The van der Waals surface area contributed by atoms with Crippen molar-refractivity contribution in [1.82, 2.24) is 10.2 Å². The quantitative estimate of drug-likeness (QED) is 0.280. The predicted molar refractivity (Wildman–Crippen MR) is 124 cm³/mol. The largest absolute Gasteiger partial charge is 0.491 e. The van der Waals surface area contributed by atoms with Gasteiger partial charge in [-0.1, -0.05) is 18.2 Å². The average Bonchev–Trinajstić information content (AvgIpc) is 3.08. The van der Waals surface area contributed by atoms with Gasteiger partial charge in [0.2, 0.25) is 11.8 Å². The Hall–Kier alpha value is -3.61. The van der Waals surface area contributed by atoms with Crippen LogP contribution in [0.5, 0.6) is 5.75 Å². The van der Waals surface area contributed by atoms with E-state index in [1.165, 1.54) is 24.3 Å². The van der Waals surface area contributed by atoms with Crippen molar-refractivity contribution in [3.63, 3.8) is 0 Å². The van der Waals surface area contributed by atoms with Gasteiger partial charge in [-0.3, -0.25) is 33.6 Å². The van der Waals surface area contributed by atoms with Crippen molar-refractivity contribution in [2.24, 2.45) is 0 Å². The first-order valence-corrected chi connectivity index (χ1v) is 12.6. The van der Waals surface area contributed by atoms with E-state index in [4.69, 9.17) is 13.7 Å². The van der Waals surface area contributed by atoms with Crippen molar-refractivity contribution >= 4 is 33.7 Å². The third kappa shape index (κ3) is 5.30. The first-order valence-electron chi connectivity index (χ1n) is 11.2. The molecule has 0 radical (unpaired) electrons. The Labute approximate surface area is 207 Å². The molecule has 1 atom stereocenters. The molecule has 0 bridgehead atoms. The number of nitrogens with one attached hydrogen (secondary N) is 1. The SMILES string of the molecule is Cc1ccccc1S(=O)(=O)OCCOCCOc1ccc2c(c1)C(=O)N(C1CCC(=O)NC1=O)C2=O. The lowest BCUT2D eigenvalue weighted by Gasteiger charge is -2.27. The van der Waals surface area contributed by atoms with Crippen molar-refractivity contribution in [3.8, 4) is 5.75 Å². The Morgan fingerprint density at radius 1 is 0.944 bits per heavy atom. The maximum absolute atomic E-state index is 12.8. The number of aryl methyl sites for hydroxylation is 1. The minimum absolute atomic E-state index is 0.0204. The highest BCUT2D eigenvalue weighted by atomic mass is 32.2. The molecule has 1 saturated heterocycles. The molecule has 0 spiro atoms. The Balaban J connectivity index is 1.24. The minimum atomic E-state index is -3.88. The highest BCUT2D eigenvalue weighted by Crippen LogP contribution is 2.30. The van der Waals surface area contributed by atoms with Crippen LogP contribution < -0.4 is 10.1 Å². The van der Waals surface area contributed by atoms with Gasteiger partial charge in [-0.2, -0.15) is 8.42 Å². The van der Waals surface area contributed by atoms with Gasteiger partial charge in [0.05, 0.1) is 35.8 Å². The van der Waals surface area contributed by atoms with E-state index in [0.717, 1.165) is 4.90 Å². The lowest BCUT2D eigenvalue weighted by Crippen LogP contribution is -2.54. The van der Waals surface area contributed by atoms with Crippen LogP contribution >= 0.6 is 0 Å². The number of hydrogen-bond donors (Lipinski definition) is 1. The van der Waals surface area contributed by atoms with Gasteiger partial charge in [0.1, 0.15) is 18.4 Å². The molecule has 1 N–H and O–H groups in total. The molecule has 1 fully saturated rings. The van der Waals surface area contributed by atoms with Crippen molar-refractivity contribution < 1.29 is 41.3 Å². The lowest BCUT2D eigenvalue weighted by atomic mass is 10.0. The Bertz CT molecular complexity index is 1320. The molecule has 11 nitrogen and oxygen atoms in total. The number of carbonyl (C=O) groups is 4. The van der Waals surface area contributed by atoms with E-state index in [-0.39, 0.29) is 55.3 Å². The first-order chi connectivity index (χ1) is 17.2. The number of nitrogens with zero attached hydrogens (tertiary/aromatic N) is 1. The van der Waals surface area contributed by atoms with Crippen LogP contribution in [-0.2, 0) is 28.6 Å². The molecule has 0 saturated carbocycles. The minimum Gasteiger partial charge on any atom is -0.491 e. The molecule has 0 aromatic heterocycles. The van der Waals surface area contributed by atoms with Crippen LogP contribution in [0.15, 0.2) is 47.4 Å². The summed E-state index contributed by atoms with van der Waals surface area (Å²) in [5, 5.41) is 2.15. The second-order valence-corrected chi connectivity index (χ2v) is 9.74. The Morgan fingerprint density at radius 2 is 1.67 bits per heavy atom. The highest BCUT2D eigenvalue weighted by Gasteiger charge is 2.44. The van der Waals surface area contributed by atoms with Crippen LogP contribution in [0.3, 0.4) is 0 Å². The van der Waals surface area contributed by atoms with Crippen LogP contribution in [0.2, 0.25) is 0 Å². The van der Waals surface area contributed by atoms with Crippen LogP contribution in [0.1, 0.15) is 39.1 Å². The molecule has 2 aromatic carbocycles. The normalized spacial score (nSPS) is 17.8. The van der Waals surface area contributed by atoms with E-state index >= 15 is 0 Å². The van der Waals surface area contributed by atoms with E-state index in [2.05, 4.69) is 5.32 Å². The number of rotatable bonds is 10. The summed E-state index contributed by atoms with van der Waals surface area (Å²) in [6.45, 7) is 1.76. The third-order valence-electron chi connectivity index (χ3n) is 5.74. The summed E-state index contributed by atoms with van der Waals surface area (Å²) in [5.74, 6) is -2.02. The summed E-state index contributed by atoms with van der Waals surface area (Å²) in [6.07, 6.45) is 0.119. The smallest absolute Gasteiger partial charge is 0.297 e. The van der Waals surface area contributed by atoms with Gasteiger partial charge in [0.25, 0.3) is 21.9 Å². The van der Waals surface area contributed by atoms with Crippen LogP contribution in [-0.4, -0.2) is 69.4 Å². The molecule has 2 heterocycles. The number of piperidine rings is 1. The van der Waals surface area contributed by atoms with E-state index in [0.29, 0.717) is 11.3 Å². The molecule has 1 unspecified atom stereocenters. The molecule has 36 heavy (non-hydrogen) atoms. The first kappa shape index (κ1) is 25.5. The summed E-state index contributed by atoms with van der Waals surface area (Å²) in [5.41, 5.74) is 0.847. The number of amides is 4. The molecular formula is C24H24N2O9S. The third-order valence-corrected chi connectivity index (χ3v) is 7.21. The van der Waals surface area contributed by atoms with Gasteiger partial charge in [-0.05, 0) is 43.2 Å². The van der Waals surface area contributed by atoms with Gasteiger partial charge in [0, 0.05) is 6.42 Å². The highest BCUT2D eigenvalue weighted by molar-refractivity contribution is 7.86. The fourth-order valence-corrected chi connectivity index (χ4v) is 5.09. The van der Waals surface area contributed by atoms with E-state index < -0.39 is 39.8 Å². The summed E-state index contributed by atoms with van der Waals surface area (Å²) >= 11 is 0. The number of benzene rings is 2. The molecule has 2 aliphatic heterocycles. The molecule has 190 valence electrons. The summed E-state index contributed by atoms with van der Waals surface area (Å²) in [4.78, 5) is 50.0. The van der Waals surface area contributed by atoms with Crippen molar-refractivity contribution in [2.75, 3.05) is 26.4 Å². The predicted octanol–water partition coefficient (Wildman–Crippen LogP) is 1.20. The van der Waals surface area contributed by atoms with E-state index in [9.17, 15) is 27.6 Å². The molecule has 4 amide bonds. The van der Waals surface area contributed by atoms with Crippen molar-refractivity contribution in [3.05, 3.63) is 59.2 Å². The molecule has 12 heteroatoms. The Kier molecular flexibility index (Phi) is 7.48. The number of fused-ring (bicyclic) bond motifs is 1. The Morgan fingerprint density at radius 3 is 2.42 bits per heavy atom. The number of imide groups is 2. The molecule has 2 aliphatic rings. The maximum atomic E-state index is 12.8. The van der Waals surface area contributed by atoms with Gasteiger partial charge < -0.3 is 9.47 Å². The molecule has 2 aromatic rings. The van der Waals surface area contributed by atoms with Gasteiger partial charge in [-0.25, -0.2) is 0 Å². The van der Waals surface area contributed by atoms with Crippen LogP contribution in [0.4, 0.5) is 0 Å². The zero-order valence-electron chi connectivity index (χ0n) is 19.4. The average molecular weight is 517 g/mol. The number of hydrogen-bond acceptors (Lipinski definition) is 9. The van der Waals surface area contributed by atoms with E-state index in [1.807, 2.05) is 0 Å². The summed E-state index contributed by atoms with van der Waals surface area (Å²) in [7, 11) is -3.88. The monoisotopic (exact) mass is 516 g/mol. The molecular weight excluding hydrogens is 492 g/mol. The number of carbonyl (C=O) groups excluding carboxylic acids is 4. The van der Waals surface area contributed by atoms with Crippen LogP contribution in [0.25, 0.3) is 0 Å². The summed E-state index contributed by atoms with van der Waals surface area (Å²) in [6, 6.07) is 9.85. The van der Waals surface area contributed by atoms with Gasteiger partial charge in [0.15, 0.2) is 0 Å². The van der Waals surface area contributed by atoms with Gasteiger partial charge in [-0.15, -0.1) is 0 Å². The number of ether oxygens (including phenoxy) is 2. The maximum Gasteiger partial charge on any atom is 0.297 e. The van der Waals surface area contributed by atoms with Crippen molar-refractivity contribution in [1.29, 1.82) is 0 Å². The fourth-order valence-electron chi connectivity index (χ4n) is 3.96. The zero-order chi connectivity index (χ0) is 25.9. The lowest BCUT2D eigenvalue weighted by molar-refractivity contribution is -0.136. The van der Waals surface area contributed by atoms with Crippen molar-refractivity contribution in [2.45, 2.75) is 30.7 Å². The zero-order valence-corrected chi connectivity index (χ0v) is 20.2. The van der Waals surface area contributed by atoms with E-state index in [1.54, 1.807) is 25.1 Å². The van der Waals surface area contributed by atoms with Crippen LogP contribution in [0, 0.1) is 6.92 Å². The molecule has 0 aliphatic carbocycles. The van der Waals surface area contributed by atoms with Gasteiger partial charge >= 0.3 is 0 Å². The second-order valence-electron chi connectivity index (χ2n) is 8.16. The fraction of sp³-hybridized carbons (Fsp3) is 0.333.